The maximum Gasteiger partial charge on any atom is 0.292 e. The third kappa shape index (κ3) is 2.45. The van der Waals surface area contributed by atoms with Crippen molar-refractivity contribution in [2.75, 3.05) is 19.8 Å². The number of aromatic nitrogens is 2. The maximum atomic E-state index is 11.6. The van der Waals surface area contributed by atoms with Crippen LogP contribution >= 0.6 is 0 Å². The van der Waals surface area contributed by atoms with Crippen LogP contribution in [0, 0.1) is 0 Å². The molecule has 7 nitrogen and oxygen atoms in total. The van der Waals surface area contributed by atoms with Gasteiger partial charge in [-0.3, -0.25) is 4.79 Å². The minimum atomic E-state index is -0.265. The van der Waals surface area contributed by atoms with Crippen molar-refractivity contribution >= 4 is 5.91 Å². The topological polar surface area (TPSA) is 89.3 Å². The number of hydrogen-bond acceptors (Lipinski definition) is 6. The summed E-state index contributed by atoms with van der Waals surface area (Å²) in [5, 5.41) is 9.68. The van der Waals surface area contributed by atoms with Crippen LogP contribution in [0.1, 0.15) is 35.4 Å². The molecule has 1 atom stereocenters. The minimum Gasteiger partial charge on any atom is -0.378 e. The zero-order valence-electron chi connectivity index (χ0n) is 9.31. The van der Waals surface area contributed by atoms with Crippen molar-refractivity contribution in [1.29, 1.82) is 0 Å². The fourth-order valence-electron chi connectivity index (χ4n) is 1.67. The molecule has 0 aromatic carbocycles. The number of amides is 1. The van der Waals surface area contributed by atoms with Crippen LogP contribution in [0.3, 0.4) is 0 Å². The van der Waals surface area contributed by atoms with E-state index >= 15 is 0 Å². The Morgan fingerprint density at radius 3 is 3.06 bits per heavy atom. The monoisotopic (exact) mass is 238 g/mol. The molecule has 1 aliphatic carbocycles. The highest BCUT2D eigenvalue weighted by molar-refractivity contribution is 5.90. The Hall–Kier alpha value is -1.47. The van der Waals surface area contributed by atoms with Crippen LogP contribution < -0.4 is 10.6 Å². The van der Waals surface area contributed by atoms with Crippen LogP contribution in [0.4, 0.5) is 0 Å². The van der Waals surface area contributed by atoms with E-state index in [1.54, 1.807) is 0 Å². The average molecular weight is 238 g/mol. The molecule has 0 spiro atoms. The second-order valence-corrected chi connectivity index (χ2v) is 4.29. The summed E-state index contributed by atoms with van der Waals surface area (Å²) in [6, 6.07) is 0.180. The lowest BCUT2D eigenvalue weighted by Crippen LogP contribution is -2.34. The van der Waals surface area contributed by atoms with Crippen molar-refractivity contribution in [2.24, 2.45) is 0 Å². The van der Waals surface area contributed by atoms with Gasteiger partial charge in [-0.25, -0.2) is 0 Å². The quantitative estimate of drug-likeness (QED) is 0.746. The Bertz CT molecular complexity index is 409. The third-order valence-electron chi connectivity index (χ3n) is 2.78. The van der Waals surface area contributed by atoms with E-state index in [1.165, 1.54) is 0 Å². The summed E-state index contributed by atoms with van der Waals surface area (Å²) in [5.74, 6) is 0.240. The van der Waals surface area contributed by atoms with Crippen LogP contribution in [0.25, 0.3) is 0 Å². The van der Waals surface area contributed by atoms with Gasteiger partial charge in [-0.05, 0) is 12.8 Å². The van der Waals surface area contributed by atoms with E-state index in [0.29, 0.717) is 25.1 Å². The molecule has 0 radical (unpaired) electrons. The van der Waals surface area contributed by atoms with Crippen molar-refractivity contribution in [3.8, 4) is 0 Å². The zero-order valence-corrected chi connectivity index (χ0v) is 9.31. The van der Waals surface area contributed by atoms with Crippen molar-refractivity contribution in [1.82, 2.24) is 20.8 Å². The molecule has 1 aromatic rings. The van der Waals surface area contributed by atoms with Gasteiger partial charge >= 0.3 is 0 Å². The fraction of sp³-hybridized carbons (Fsp3) is 0.700. The Morgan fingerprint density at radius 1 is 1.47 bits per heavy atom. The molecule has 1 saturated heterocycles. The maximum absolute atomic E-state index is 11.6. The zero-order chi connectivity index (χ0) is 11.7. The highest BCUT2D eigenvalue weighted by atomic mass is 16.5. The van der Waals surface area contributed by atoms with E-state index in [4.69, 9.17) is 9.26 Å². The van der Waals surface area contributed by atoms with Gasteiger partial charge in [0.25, 0.3) is 11.7 Å². The molecule has 1 unspecified atom stereocenters. The van der Waals surface area contributed by atoms with E-state index in [2.05, 4.69) is 20.8 Å². The molecule has 0 bridgehead atoms. The Morgan fingerprint density at radius 2 is 2.35 bits per heavy atom. The second kappa shape index (κ2) is 4.42. The van der Waals surface area contributed by atoms with Gasteiger partial charge in [-0.15, -0.1) is 0 Å². The molecule has 3 rings (SSSR count). The number of nitrogens with one attached hydrogen (secondary N) is 2. The average Bonchev–Trinajstić information content (AvgIpc) is 3.04. The van der Waals surface area contributed by atoms with Crippen molar-refractivity contribution in [3.63, 3.8) is 0 Å². The minimum absolute atomic E-state index is 0.0965. The fourth-order valence-corrected chi connectivity index (χ4v) is 1.67. The number of rotatable bonds is 3. The SMILES string of the molecule is O=C(NC1CC1)c1noc(C2COCCN2)n1. The van der Waals surface area contributed by atoms with E-state index in [0.717, 1.165) is 19.4 Å². The smallest absolute Gasteiger partial charge is 0.292 e. The molecule has 1 saturated carbocycles. The van der Waals surface area contributed by atoms with Crippen molar-refractivity contribution in [2.45, 2.75) is 24.9 Å². The van der Waals surface area contributed by atoms with Gasteiger partial charge in [-0.1, -0.05) is 5.16 Å². The van der Waals surface area contributed by atoms with E-state index in [-0.39, 0.29) is 17.8 Å². The predicted molar refractivity (Wildman–Crippen MR) is 56.3 cm³/mol. The molecule has 7 heteroatoms. The highest BCUT2D eigenvalue weighted by Gasteiger charge is 2.28. The first-order valence-electron chi connectivity index (χ1n) is 5.78. The molecule has 1 amide bonds. The summed E-state index contributed by atoms with van der Waals surface area (Å²) in [4.78, 5) is 15.7. The first-order valence-corrected chi connectivity index (χ1v) is 5.78. The summed E-state index contributed by atoms with van der Waals surface area (Å²) in [6.07, 6.45) is 2.07. The number of morpholine rings is 1. The summed E-state index contributed by atoms with van der Waals surface area (Å²) in [7, 11) is 0. The largest absolute Gasteiger partial charge is 0.378 e. The van der Waals surface area contributed by atoms with Gasteiger partial charge in [-0.2, -0.15) is 4.98 Å². The summed E-state index contributed by atoms with van der Waals surface area (Å²) in [5.41, 5.74) is 0. The van der Waals surface area contributed by atoms with E-state index in [9.17, 15) is 4.79 Å². The molecule has 2 aliphatic rings. The standard InChI is InChI=1S/C10H14N4O3/c15-9(12-6-1-2-6)8-13-10(17-14-8)7-5-16-4-3-11-7/h6-7,11H,1-5H2,(H,12,15). The predicted octanol–water partition coefficient (Wildman–Crippen LogP) is -0.377. The molecule has 2 N–H and O–H groups in total. The molecule has 1 aromatic heterocycles. The normalized spacial score (nSPS) is 24.6. The van der Waals surface area contributed by atoms with E-state index in [1.807, 2.05) is 0 Å². The Labute approximate surface area is 97.9 Å². The first kappa shape index (κ1) is 10.7. The number of ether oxygens (including phenoxy) is 1. The van der Waals surface area contributed by atoms with Gasteiger partial charge in [0.2, 0.25) is 5.89 Å². The van der Waals surface area contributed by atoms with Gasteiger partial charge in [0, 0.05) is 12.6 Å². The van der Waals surface area contributed by atoms with Crippen LogP contribution in [0.2, 0.25) is 0 Å². The summed E-state index contributed by atoms with van der Waals surface area (Å²) < 4.78 is 10.4. The van der Waals surface area contributed by atoms with Gasteiger partial charge in [0.15, 0.2) is 0 Å². The van der Waals surface area contributed by atoms with Gasteiger partial charge < -0.3 is 19.9 Å². The number of carbonyl (C=O) groups excluding carboxylic acids is 1. The van der Waals surface area contributed by atoms with Crippen LogP contribution in [0.5, 0.6) is 0 Å². The molecule has 92 valence electrons. The molecule has 2 fully saturated rings. The van der Waals surface area contributed by atoms with Crippen LogP contribution in [-0.4, -0.2) is 41.8 Å². The highest BCUT2D eigenvalue weighted by Crippen LogP contribution is 2.19. The lowest BCUT2D eigenvalue weighted by molar-refractivity contribution is 0.0659. The van der Waals surface area contributed by atoms with E-state index < -0.39 is 0 Å². The lowest BCUT2D eigenvalue weighted by Gasteiger charge is -2.20. The Balaban J connectivity index is 1.65. The first-order chi connectivity index (χ1) is 8.33. The van der Waals surface area contributed by atoms with Gasteiger partial charge in [0.05, 0.1) is 13.2 Å². The van der Waals surface area contributed by atoms with Crippen molar-refractivity contribution < 1.29 is 14.1 Å². The Kier molecular flexibility index (Phi) is 2.77. The molecule has 2 heterocycles. The molecular formula is C10H14N4O3. The number of nitrogens with zero attached hydrogens (tertiary/aromatic N) is 2. The van der Waals surface area contributed by atoms with Crippen LogP contribution in [0.15, 0.2) is 4.52 Å². The lowest BCUT2D eigenvalue weighted by atomic mass is 10.3. The second-order valence-electron chi connectivity index (χ2n) is 4.29. The molecular weight excluding hydrogens is 224 g/mol. The number of hydrogen-bond donors (Lipinski definition) is 2. The van der Waals surface area contributed by atoms with Crippen LogP contribution in [-0.2, 0) is 4.74 Å². The summed E-state index contributed by atoms with van der Waals surface area (Å²) >= 11 is 0. The molecule has 17 heavy (non-hydrogen) atoms. The van der Waals surface area contributed by atoms with Gasteiger partial charge in [0.1, 0.15) is 6.04 Å². The third-order valence-corrected chi connectivity index (χ3v) is 2.78. The number of carbonyl (C=O) groups is 1. The summed E-state index contributed by atoms with van der Waals surface area (Å²) in [6.45, 7) is 1.92. The molecule has 1 aliphatic heterocycles. The van der Waals surface area contributed by atoms with Crippen molar-refractivity contribution in [3.05, 3.63) is 11.7 Å².